The van der Waals surface area contributed by atoms with Crippen molar-refractivity contribution >= 4 is 63.6 Å². The molecule has 4 N–H and O–H groups in total. The molecule has 0 spiro atoms. The van der Waals surface area contributed by atoms with Crippen molar-refractivity contribution in [3.8, 4) is 0 Å². The smallest absolute Gasteiger partial charge is 0.330 e. The summed E-state index contributed by atoms with van der Waals surface area (Å²) in [6.45, 7) is -0.225. The van der Waals surface area contributed by atoms with Gasteiger partial charge in [-0.05, 0) is 42.2 Å². The number of aryl methyl sites for hydroxylation is 1. The van der Waals surface area contributed by atoms with Crippen LogP contribution in [0.2, 0.25) is 10.0 Å². The second kappa shape index (κ2) is 12.4. The number of urea groups is 1. The van der Waals surface area contributed by atoms with Crippen LogP contribution in [0.5, 0.6) is 0 Å². The average molecular weight is 593 g/mol. The first-order chi connectivity index (χ1) is 19.8. The Hall–Kier alpha value is -4.41. The van der Waals surface area contributed by atoms with Crippen molar-refractivity contribution in [1.29, 1.82) is 0 Å². The largest absolute Gasteiger partial charge is 0.467 e. The van der Waals surface area contributed by atoms with Gasteiger partial charge in [-0.15, -0.1) is 0 Å². The summed E-state index contributed by atoms with van der Waals surface area (Å²) in [6.07, 6.45) is 3.30. The molecule has 1 aliphatic rings. The number of nitrogens with zero attached hydrogens (tertiary/aromatic N) is 2. The third kappa shape index (κ3) is 6.34. The summed E-state index contributed by atoms with van der Waals surface area (Å²) in [5.41, 5.74) is 3.24. The van der Waals surface area contributed by atoms with Gasteiger partial charge in [-0.1, -0.05) is 65.7 Å². The van der Waals surface area contributed by atoms with Gasteiger partial charge in [-0.25, -0.2) is 19.6 Å². The van der Waals surface area contributed by atoms with E-state index in [1.54, 1.807) is 12.3 Å². The number of para-hydroxylation sites is 1. The molecule has 1 heterocycles. The Morgan fingerprint density at radius 3 is 2.66 bits per heavy atom. The number of hydrogen-bond donors (Lipinski definition) is 4. The van der Waals surface area contributed by atoms with E-state index in [1.165, 1.54) is 18.7 Å². The molecule has 2 atom stereocenters. The molecule has 0 saturated heterocycles. The van der Waals surface area contributed by atoms with Gasteiger partial charge in [0, 0.05) is 11.6 Å². The zero-order valence-corrected chi connectivity index (χ0v) is 23.4. The van der Waals surface area contributed by atoms with Crippen LogP contribution in [0.1, 0.15) is 33.9 Å². The number of carbonyl (C=O) groups excluding carboxylic acids is 3. The summed E-state index contributed by atoms with van der Waals surface area (Å²) in [5.74, 6) is -1.21. The maximum atomic E-state index is 13.3. The summed E-state index contributed by atoms with van der Waals surface area (Å²) in [7, 11) is 1.19. The van der Waals surface area contributed by atoms with Crippen LogP contribution in [0.3, 0.4) is 0 Å². The highest BCUT2D eigenvalue weighted by molar-refractivity contribution is 6.41. The number of rotatable bonds is 8. The van der Waals surface area contributed by atoms with Gasteiger partial charge in [-0.2, -0.15) is 0 Å². The minimum atomic E-state index is -1.21. The third-order valence-electron chi connectivity index (χ3n) is 6.75. The van der Waals surface area contributed by atoms with Gasteiger partial charge >= 0.3 is 12.0 Å². The number of methoxy groups -OCH3 is 1. The number of nitrogens with one attached hydrogen (secondary N) is 4. The summed E-state index contributed by atoms with van der Waals surface area (Å²) >= 11 is 12.9. The standard InChI is InChI=1S/C29H26Cl2N6O4/c1-41-27(39)23(15-33-29(40)37-21-12-10-16-6-2-4-8-18(16)21)34-26(38)24-19(30)11-13-22(25(24)31)36-28-32-14-17-7-3-5-9-20(17)35-28/h2-9,11,13-14,21,23H,10,12,15H2,1H3,(H,34,38)(H,32,35,36)(H2,33,37,40)/t21-,23+/m1/s1. The van der Waals surface area contributed by atoms with Crippen LogP contribution >= 0.6 is 23.2 Å². The van der Waals surface area contributed by atoms with Crippen molar-refractivity contribution < 1.29 is 19.1 Å². The molecule has 210 valence electrons. The van der Waals surface area contributed by atoms with Gasteiger partial charge < -0.3 is 26.0 Å². The topological polar surface area (TPSA) is 134 Å². The van der Waals surface area contributed by atoms with Crippen molar-refractivity contribution in [2.24, 2.45) is 0 Å². The molecule has 1 aromatic heterocycles. The van der Waals surface area contributed by atoms with Crippen LogP contribution in [-0.2, 0) is 16.0 Å². The monoisotopic (exact) mass is 592 g/mol. The van der Waals surface area contributed by atoms with Gasteiger partial charge in [0.05, 0.1) is 46.5 Å². The molecule has 5 rings (SSSR count). The van der Waals surface area contributed by atoms with Crippen LogP contribution in [0.25, 0.3) is 10.9 Å². The second-order valence-corrected chi connectivity index (χ2v) is 10.1. The van der Waals surface area contributed by atoms with E-state index in [4.69, 9.17) is 27.9 Å². The number of esters is 1. The molecule has 4 aromatic rings. The van der Waals surface area contributed by atoms with E-state index in [2.05, 4.69) is 31.2 Å². The molecule has 3 amide bonds. The maximum Gasteiger partial charge on any atom is 0.330 e. The molecule has 0 aliphatic heterocycles. The van der Waals surface area contributed by atoms with Crippen molar-refractivity contribution in [2.75, 3.05) is 19.0 Å². The van der Waals surface area contributed by atoms with Crippen LogP contribution < -0.4 is 21.3 Å². The van der Waals surface area contributed by atoms with Crippen LogP contribution in [0.15, 0.2) is 66.9 Å². The Labute approximate surface area is 245 Å². The second-order valence-electron chi connectivity index (χ2n) is 9.35. The zero-order chi connectivity index (χ0) is 28.9. The summed E-state index contributed by atoms with van der Waals surface area (Å²) < 4.78 is 4.84. The zero-order valence-electron chi connectivity index (χ0n) is 21.9. The van der Waals surface area contributed by atoms with Gasteiger partial charge in [-0.3, -0.25) is 4.79 Å². The summed E-state index contributed by atoms with van der Waals surface area (Å²) in [6, 6.07) is 16.6. The molecule has 41 heavy (non-hydrogen) atoms. The fourth-order valence-electron chi connectivity index (χ4n) is 4.69. The van der Waals surface area contributed by atoms with Crippen molar-refractivity contribution in [3.63, 3.8) is 0 Å². The molecule has 3 aromatic carbocycles. The van der Waals surface area contributed by atoms with Crippen LogP contribution in [-0.4, -0.2) is 47.6 Å². The molecule has 0 fully saturated rings. The van der Waals surface area contributed by atoms with E-state index in [9.17, 15) is 14.4 Å². The molecule has 1 aliphatic carbocycles. The summed E-state index contributed by atoms with van der Waals surface area (Å²) in [4.78, 5) is 47.2. The molecule has 0 saturated carbocycles. The number of ether oxygens (including phenoxy) is 1. The molecule has 0 unspecified atom stereocenters. The fraction of sp³-hybridized carbons (Fsp3) is 0.207. The van der Waals surface area contributed by atoms with Gasteiger partial charge in [0.1, 0.15) is 6.04 Å². The van der Waals surface area contributed by atoms with Gasteiger partial charge in [0.15, 0.2) is 0 Å². The predicted octanol–water partition coefficient (Wildman–Crippen LogP) is 4.94. The SMILES string of the molecule is COC(=O)[C@H](CNC(=O)N[C@@H]1CCc2ccccc21)NC(=O)c1c(Cl)ccc(Nc2ncc3ccccc3n2)c1Cl. The lowest BCUT2D eigenvalue weighted by Crippen LogP contribution is -2.51. The molecule has 10 nitrogen and oxygen atoms in total. The minimum absolute atomic E-state index is 0.000903. The number of benzene rings is 3. The lowest BCUT2D eigenvalue weighted by Gasteiger charge is -2.20. The number of carbonyl (C=O) groups is 3. The van der Waals surface area contributed by atoms with E-state index >= 15 is 0 Å². The molecule has 0 radical (unpaired) electrons. The van der Waals surface area contributed by atoms with Crippen LogP contribution in [0, 0.1) is 0 Å². The Morgan fingerprint density at radius 2 is 1.83 bits per heavy atom. The number of fused-ring (bicyclic) bond motifs is 2. The molecule has 12 heteroatoms. The Morgan fingerprint density at radius 1 is 1.05 bits per heavy atom. The normalized spacial score (nSPS) is 14.6. The Bertz CT molecular complexity index is 1630. The average Bonchev–Trinajstić information content (AvgIpc) is 3.38. The third-order valence-corrected chi connectivity index (χ3v) is 7.46. The van der Waals surface area contributed by atoms with E-state index in [0.29, 0.717) is 5.69 Å². The highest BCUT2D eigenvalue weighted by Gasteiger charge is 2.28. The highest BCUT2D eigenvalue weighted by atomic mass is 35.5. The minimum Gasteiger partial charge on any atom is -0.467 e. The highest BCUT2D eigenvalue weighted by Crippen LogP contribution is 2.33. The number of amides is 3. The maximum absolute atomic E-state index is 13.3. The first-order valence-corrected chi connectivity index (χ1v) is 13.6. The Kier molecular flexibility index (Phi) is 8.51. The molecule has 0 bridgehead atoms. The first kappa shape index (κ1) is 28.1. The van der Waals surface area contributed by atoms with Gasteiger partial charge in [0.2, 0.25) is 5.95 Å². The quantitative estimate of drug-likeness (QED) is 0.213. The predicted molar refractivity (Wildman–Crippen MR) is 157 cm³/mol. The lowest BCUT2D eigenvalue weighted by atomic mass is 10.1. The lowest BCUT2D eigenvalue weighted by molar-refractivity contribution is -0.142. The van der Waals surface area contributed by atoms with Crippen molar-refractivity contribution in [2.45, 2.75) is 24.9 Å². The van der Waals surface area contributed by atoms with E-state index in [1.807, 2.05) is 48.5 Å². The first-order valence-electron chi connectivity index (χ1n) is 12.8. The fourth-order valence-corrected chi connectivity index (χ4v) is 5.28. The number of anilines is 2. The number of halogens is 2. The van der Waals surface area contributed by atoms with E-state index in [-0.39, 0.29) is 34.1 Å². The molecular weight excluding hydrogens is 567 g/mol. The van der Waals surface area contributed by atoms with E-state index in [0.717, 1.165) is 29.3 Å². The Balaban J connectivity index is 1.27. The van der Waals surface area contributed by atoms with E-state index < -0.39 is 23.9 Å². The van der Waals surface area contributed by atoms with Gasteiger partial charge in [0.25, 0.3) is 5.91 Å². The molecular formula is C29H26Cl2N6O4. The summed E-state index contributed by atoms with van der Waals surface area (Å²) in [5, 5.41) is 12.1. The number of hydrogen-bond acceptors (Lipinski definition) is 7. The van der Waals surface area contributed by atoms with Crippen LogP contribution in [0.4, 0.5) is 16.4 Å². The van der Waals surface area contributed by atoms with Crippen molar-refractivity contribution in [1.82, 2.24) is 25.9 Å². The van der Waals surface area contributed by atoms with Crippen molar-refractivity contribution in [3.05, 3.63) is 93.6 Å². The number of aromatic nitrogens is 2.